The first-order chi connectivity index (χ1) is 45.2. The van der Waals surface area contributed by atoms with Crippen molar-refractivity contribution in [1.29, 1.82) is 0 Å². The first-order valence-corrected chi connectivity index (χ1v) is 33.6. The molecule has 95 heavy (non-hydrogen) atoms. The second kappa shape index (κ2) is 41.0. The Balaban J connectivity index is 1.56. The Morgan fingerprint density at radius 1 is 0.537 bits per heavy atom. The monoisotopic (exact) mass is 1350 g/mol. The highest BCUT2D eigenvalue weighted by Crippen LogP contribution is 2.24. The van der Waals surface area contributed by atoms with Gasteiger partial charge in [-0.3, -0.25) is 67.3 Å². The van der Waals surface area contributed by atoms with Gasteiger partial charge in [0.2, 0.25) is 76.8 Å². The molecular formula is C63H98N18O13S. The minimum absolute atomic E-state index is 0.0736. The van der Waals surface area contributed by atoms with Gasteiger partial charge in [0, 0.05) is 45.3 Å². The normalized spacial score (nSPS) is 16.8. The summed E-state index contributed by atoms with van der Waals surface area (Å²) in [6.45, 7) is 3.86. The van der Waals surface area contributed by atoms with E-state index in [-0.39, 0.29) is 83.0 Å². The molecule has 0 unspecified atom stereocenters. The van der Waals surface area contributed by atoms with E-state index in [1.54, 1.807) is 60.7 Å². The molecule has 2 heterocycles. The number of benzene rings is 2. The molecule has 13 amide bonds. The number of unbranched alkanes of at least 4 members (excludes halogenated alkanes) is 1. The molecule has 0 bridgehead atoms. The van der Waals surface area contributed by atoms with Crippen molar-refractivity contribution in [2.24, 2.45) is 51.0 Å². The van der Waals surface area contributed by atoms with Crippen molar-refractivity contribution in [3.8, 4) is 0 Å². The molecule has 0 radical (unpaired) electrons. The van der Waals surface area contributed by atoms with Gasteiger partial charge in [-0.15, -0.1) is 0 Å². The Bertz CT molecular complexity index is 2960. The molecule has 4 rings (SSSR count). The van der Waals surface area contributed by atoms with Gasteiger partial charge >= 0.3 is 0 Å². The van der Waals surface area contributed by atoms with Gasteiger partial charge in [-0.2, -0.15) is 11.8 Å². The summed E-state index contributed by atoms with van der Waals surface area (Å²) in [4.78, 5) is 185. The van der Waals surface area contributed by atoms with Crippen LogP contribution in [0.25, 0.3) is 0 Å². The Morgan fingerprint density at radius 2 is 1.01 bits per heavy atom. The number of nitrogens with two attached hydrogens (primary N) is 7. The fourth-order valence-corrected chi connectivity index (χ4v) is 11.5. The minimum atomic E-state index is -1.64. The summed E-state index contributed by atoms with van der Waals surface area (Å²) in [5, 5.41) is 21.1. The molecule has 0 aliphatic carbocycles. The number of rotatable bonds is 42. The van der Waals surface area contributed by atoms with Crippen molar-refractivity contribution in [3.05, 3.63) is 71.8 Å². The Labute approximate surface area is 558 Å². The van der Waals surface area contributed by atoms with E-state index in [1.165, 1.54) is 21.6 Å². The third kappa shape index (κ3) is 27.5. The topological polar surface area (TPSA) is 519 Å². The maximum atomic E-state index is 14.7. The van der Waals surface area contributed by atoms with Crippen molar-refractivity contribution >= 4 is 94.5 Å². The second-order valence-corrected chi connectivity index (χ2v) is 25.1. The minimum Gasteiger partial charge on any atom is -0.370 e. The number of hydrogen-bond donors (Lipinski definition) is 15. The van der Waals surface area contributed by atoms with Gasteiger partial charge in [-0.1, -0.05) is 74.5 Å². The Hall–Kier alpha value is -8.91. The largest absolute Gasteiger partial charge is 0.370 e. The zero-order chi connectivity index (χ0) is 70.1. The average molecular weight is 1350 g/mol. The standard InChI is InChI=1S/C63H98N18O13S/c1-37(2)33-45(57(89)74-41(53(68)85)27-32-95-3)73-52(84)36-72-54(86)46(34-38-15-6-4-7-16-38)78-58(90)47(35-39-17-8-5-9-18-39)79-56(88)42(23-25-50(66)82)75-55(87)43(24-26-51(67)83)76-59(91)49-22-14-31-81(49)62(94)44(20-10-11-28-64)77-60(92)48-21-13-30-80(48)61(93)40(65)19-12-29-71-63(69)70/h4-9,15-18,37,40-49H,10-14,19-36,64-65H2,1-3H3,(H2,66,82)(H2,67,83)(H2,68,85)(H,72,86)(H,73,84)(H,74,89)(H,75,87)(H,76,91)(H,77,92)(H,78,90)(H,79,88)(H4,69,70,71)/t40-,41-,42-,43+,44+,45+,46+,47-,48-,49-/m0/s1. The number of carbonyl (C=O) groups is 13. The van der Waals surface area contributed by atoms with Gasteiger partial charge < -0.3 is 92.5 Å². The van der Waals surface area contributed by atoms with Crippen LogP contribution in [0, 0.1) is 5.92 Å². The van der Waals surface area contributed by atoms with E-state index in [1.807, 2.05) is 20.1 Å². The maximum Gasteiger partial charge on any atom is 0.245 e. The number of likely N-dealkylation sites (tertiary alicyclic amines) is 2. The SMILES string of the molecule is CSCC[C@H](NC(=O)[C@@H](CC(C)C)NC(=O)CNC(=O)[C@@H](Cc1ccccc1)NC(=O)[C@H](Cc1ccccc1)NC(=O)[C@H](CCC(N)=O)NC(=O)[C@@H](CCC(N)=O)NC(=O)[C@@H]1CCCN1C(=O)[C@@H](CCCCN)NC(=O)[C@@H]1CCCN1C(=O)[C@@H](N)CCCN=C(N)N)C(N)=O. The van der Waals surface area contributed by atoms with E-state index in [0.717, 1.165) is 0 Å². The fourth-order valence-electron chi connectivity index (χ4n) is 11.0. The number of nitrogens with one attached hydrogen (secondary N) is 8. The van der Waals surface area contributed by atoms with Crippen LogP contribution in [0.5, 0.6) is 0 Å². The van der Waals surface area contributed by atoms with Gasteiger partial charge in [0.25, 0.3) is 0 Å². The first-order valence-electron chi connectivity index (χ1n) is 32.2. The van der Waals surface area contributed by atoms with E-state index in [9.17, 15) is 62.3 Å². The highest BCUT2D eigenvalue weighted by molar-refractivity contribution is 7.98. The number of hydrogen-bond acceptors (Lipinski definition) is 17. The van der Waals surface area contributed by atoms with Crippen molar-refractivity contribution in [1.82, 2.24) is 52.3 Å². The maximum absolute atomic E-state index is 14.7. The lowest BCUT2D eigenvalue weighted by Crippen LogP contribution is -2.60. The molecule has 0 spiro atoms. The van der Waals surface area contributed by atoms with E-state index >= 15 is 0 Å². The summed E-state index contributed by atoms with van der Waals surface area (Å²) in [6.07, 6.45) is 3.12. The Morgan fingerprint density at radius 3 is 1.51 bits per heavy atom. The smallest absolute Gasteiger partial charge is 0.245 e. The van der Waals surface area contributed by atoms with Crippen molar-refractivity contribution in [2.75, 3.05) is 44.7 Å². The van der Waals surface area contributed by atoms with E-state index in [0.29, 0.717) is 55.4 Å². The zero-order valence-corrected chi connectivity index (χ0v) is 55.3. The van der Waals surface area contributed by atoms with Crippen LogP contribution in [0.15, 0.2) is 65.7 Å². The van der Waals surface area contributed by atoms with Crippen LogP contribution < -0.4 is 82.7 Å². The number of nitrogens with zero attached hydrogens (tertiary/aromatic N) is 3. The van der Waals surface area contributed by atoms with Crippen LogP contribution in [-0.4, -0.2) is 198 Å². The van der Waals surface area contributed by atoms with Crippen LogP contribution >= 0.6 is 11.8 Å². The summed E-state index contributed by atoms with van der Waals surface area (Å²) < 4.78 is 0. The van der Waals surface area contributed by atoms with E-state index < -0.39 is 169 Å². The third-order valence-electron chi connectivity index (χ3n) is 16.0. The average Bonchev–Trinajstić information content (AvgIpc) is 1.74. The molecule has 31 nitrogen and oxygen atoms in total. The fraction of sp³-hybridized carbons (Fsp3) is 0.587. The molecule has 524 valence electrons. The molecule has 10 atom stereocenters. The quantitative estimate of drug-likeness (QED) is 0.0173. The second-order valence-electron chi connectivity index (χ2n) is 24.1. The molecule has 0 saturated carbocycles. The molecule has 2 aliphatic rings. The summed E-state index contributed by atoms with van der Waals surface area (Å²) in [5.41, 5.74) is 40.6. The van der Waals surface area contributed by atoms with Crippen LogP contribution in [0.1, 0.15) is 121 Å². The molecule has 2 aromatic carbocycles. The number of guanidine groups is 1. The Kier molecular flexibility index (Phi) is 33.9. The molecule has 22 N–H and O–H groups in total. The summed E-state index contributed by atoms with van der Waals surface area (Å²) in [6, 6.07) is 4.51. The van der Waals surface area contributed by atoms with Gasteiger partial charge in [0.1, 0.15) is 54.4 Å². The molecule has 0 aromatic heterocycles. The predicted octanol–water partition coefficient (Wildman–Crippen LogP) is -3.71. The predicted molar refractivity (Wildman–Crippen MR) is 356 cm³/mol. The van der Waals surface area contributed by atoms with Crippen molar-refractivity contribution < 1.29 is 62.3 Å². The zero-order valence-electron chi connectivity index (χ0n) is 54.5. The van der Waals surface area contributed by atoms with E-state index in [4.69, 9.17) is 40.1 Å². The number of aliphatic imine (C=N–C) groups is 1. The highest BCUT2D eigenvalue weighted by atomic mass is 32.2. The van der Waals surface area contributed by atoms with Crippen LogP contribution in [0.4, 0.5) is 0 Å². The lowest BCUT2D eigenvalue weighted by molar-refractivity contribution is -0.144. The first kappa shape index (κ1) is 78.5. The lowest BCUT2D eigenvalue weighted by Gasteiger charge is -2.32. The summed E-state index contributed by atoms with van der Waals surface area (Å²) >= 11 is 1.45. The molecule has 32 heteroatoms. The van der Waals surface area contributed by atoms with Gasteiger partial charge in [0.15, 0.2) is 5.96 Å². The molecule has 2 saturated heterocycles. The third-order valence-corrected chi connectivity index (χ3v) is 16.7. The molecule has 2 aliphatic heterocycles. The van der Waals surface area contributed by atoms with Crippen LogP contribution in [-0.2, 0) is 75.2 Å². The number of primary amides is 3. The molecular weight excluding hydrogens is 1250 g/mol. The number of thioether (sulfide) groups is 1. The molecule has 2 fully saturated rings. The van der Waals surface area contributed by atoms with Gasteiger partial charge in [0.05, 0.1) is 12.6 Å². The lowest BCUT2D eigenvalue weighted by atomic mass is 10.0. The van der Waals surface area contributed by atoms with Crippen molar-refractivity contribution in [2.45, 2.75) is 183 Å². The van der Waals surface area contributed by atoms with Crippen LogP contribution in [0.3, 0.4) is 0 Å². The molecule has 2 aromatic rings. The van der Waals surface area contributed by atoms with Gasteiger partial charge in [-0.25, -0.2) is 0 Å². The number of amides is 13. The summed E-state index contributed by atoms with van der Waals surface area (Å²) in [5.74, 6) is -9.80. The van der Waals surface area contributed by atoms with Crippen LogP contribution in [0.2, 0.25) is 0 Å². The van der Waals surface area contributed by atoms with Crippen molar-refractivity contribution in [3.63, 3.8) is 0 Å². The van der Waals surface area contributed by atoms with Gasteiger partial charge in [-0.05, 0) is 119 Å². The van der Waals surface area contributed by atoms with E-state index in [2.05, 4.69) is 47.5 Å². The number of carbonyl (C=O) groups excluding carboxylic acids is 13. The highest BCUT2D eigenvalue weighted by Gasteiger charge is 2.42. The summed E-state index contributed by atoms with van der Waals surface area (Å²) in [7, 11) is 0.